The molecule has 1 N–H and O–H groups in total. The second-order valence-corrected chi connectivity index (χ2v) is 4.39. The number of nitrogens with zero attached hydrogens (tertiary/aromatic N) is 2. The van der Waals surface area contributed by atoms with Crippen LogP contribution in [0.5, 0.6) is 0 Å². The maximum atomic E-state index is 11.0. The Balaban J connectivity index is 2.72. The number of nitro groups is 1. The van der Waals surface area contributed by atoms with Crippen LogP contribution in [0.4, 0.5) is 11.4 Å². The quantitative estimate of drug-likeness (QED) is 0.338. The summed E-state index contributed by atoms with van der Waals surface area (Å²) in [6, 6.07) is 4.10. The van der Waals surface area contributed by atoms with E-state index in [0.717, 1.165) is 0 Å². The largest absolute Gasteiger partial charge is 0.481 e. The zero-order chi connectivity index (χ0) is 15.1. The Morgan fingerprint density at radius 3 is 2.70 bits per heavy atom. The third kappa shape index (κ3) is 4.34. The molecule has 0 aromatic heterocycles. The number of carboxylic acids is 1. The van der Waals surface area contributed by atoms with E-state index in [4.69, 9.17) is 5.11 Å². The zero-order valence-electron chi connectivity index (χ0n) is 11.1. The topological polar surface area (TPSA) is 101 Å². The third-order valence-electron chi connectivity index (χ3n) is 2.89. The fraction of sp³-hybridized carbons (Fsp3) is 0.385. The van der Waals surface area contributed by atoms with Crippen molar-refractivity contribution in [3.05, 3.63) is 33.9 Å². The molecule has 1 aromatic rings. The van der Waals surface area contributed by atoms with Crippen molar-refractivity contribution in [2.24, 2.45) is 0 Å². The molecule has 0 heterocycles. The number of benzene rings is 1. The Morgan fingerprint density at radius 2 is 2.15 bits per heavy atom. The summed E-state index contributed by atoms with van der Waals surface area (Å²) in [6.07, 6.45) is 1.89. The smallest absolute Gasteiger partial charge is 0.303 e. The highest BCUT2D eigenvalue weighted by atomic mass is 16.6. The summed E-state index contributed by atoms with van der Waals surface area (Å²) < 4.78 is 0. The Bertz CT molecular complexity index is 515. The molecule has 1 aromatic carbocycles. The minimum absolute atomic E-state index is 0.106. The molecular weight excluding hydrogens is 264 g/mol. The van der Waals surface area contributed by atoms with Crippen LogP contribution in [0.1, 0.15) is 29.6 Å². The van der Waals surface area contributed by atoms with E-state index in [1.54, 1.807) is 11.9 Å². The van der Waals surface area contributed by atoms with Gasteiger partial charge in [-0.25, -0.2) is 0 Å². The first kappa shape index (κ1) is 15.6. The summed E-state index contributed by atoms with van der Waals surface area (Å²) in [6.45, 7) is 0.575. The lowest BCUT2D eigenvalue weighted by Crippen LogP contribution is -2.20. The van der Waals surface area contributed by atoms with Crippen LogP contribution < -0.4 is 4.90 Å². The maximum absolute atomic E-state index is 11.0. The minimum atomic E-state index is -0.837. The number of rotatable bonds is 8. The van der Waals surface area contributed by atoms with Crippen LogP contribution in [0.25, 0.3) is 0 Å². The highest BCUT2D eigenvalue weighted by Crippen LogP contribution is 2.23. The lowest BCUT2D eigenvalue weighted by atomic mass is 10.1. The van der Waals surface area contributed by atoms with E-state index < -0.39 is 10.9 Å². The number of non-ortho nitro benzene ring substituents is 1. The lowest BCUT2D eigenvalue weighted by molar-refractivity contribution is -0.384. The van der Waals surface area contributed by atoms with Gasteiger partial charge < -0.3 is 10.0 Å². The van der Waals surface area contributed by atoms with Crippen molar-refractivity contribution in [2.45, 2.75) is 19.3 Å². The molecule has 0 atom stereocenters. The van der Waals surface area contributed by atoms with Crippen molar-refractivity contribution < 1.29 is 19.6 Å². The van der Waals surface area contributed by atoms with Crippen LogP contribution in [0, 0.1) is 10.1 Å². The SMILES string of the molecule is CN(CCCCC(=O)O)c1ccc([N+](=O)[O-])cc1C=O. The molecule has 0 bridgehead atoms. The van der Waals surface area contributed by atoms with Crippen molar-refractivity contribution >= 4 is 23.6 Å². The summed E-state index contributed by atoms with van der Waals surface area (Å²) in [7, 11) is 1.76. The van der Waals surface area contributed by atoms with Crippen molar-refractivity contribution in [2.75, 3.05) is 18.5 Å². The molecule has 0 aliphatic rings. The molecule has 0 spiro atoms. The molecule has 0 unspecified atom stereocenters. The van der Waals surface area contributed by atoms with Gasteiger partial charge in [0, 0.05) is 43.4 Å². The molecular formula is C13H16N2O5. The molecule has 0 aliphatic heterocycles. The average molecular weight is 280 g/mol. The standard InChI is InChI=1S/C13H16N2O5/c1-14(7-3-2-4-13(17)18)12-6-5-11(15(19)20)8-10(12)9-16/h5-6,8-9H,2-4,7H2,1H3,(H,17,18). The van der Waals surface area contributed by atoms with Crippen molar-refractivity contribution in [1.29, 1.82) is 0 Å². The van der Waals surface area contributed by atoms with Crippen LogP contribution in [-0.2, 0) is 4.79 Å². The van der Waals surface area contributed by atoms with Gasteiger partial charge in [0.25, 0.3) is 5.69 Å². The van der Waals surface area contributed by atoms with Gasteiger partial charge >= 0.3 is 5.97 Å². The normalized spacial score (nSPS) is 10.1. The van der Waals surface area contributed by atoms with Gasteiger partial charge in [0.15, 0.2) is 6.29 Å². The van der Waals surface area contributed by atoms with Crippen molar-refractivity contribution in [3.8, 4) is 0 Å². The highest BCUT2D eigenvalue weighted by molar-refractivity contribution is 5.85. The van der Waals surface area contributed by atoms with E-state index in [2.05, 4.69) is 0 Å². The number of aliphatic carboxylic acids is 1. The lowest BCUT2D eigenvalue weighted by Gasteiger charge is -2.20. The Hall–Kier alpha value is -2.44. The average Bonchev–Trinajstić information content (AvgIpc) is 2.42. The van der Waals surface area contributed by atoms with Crippen LogP contribution >= 0.6 is 0 Å². The van der Waals surface area contributed by atoms with Gasteiger partial charge in [-0.3, -0.25) is 19.7 Å². The second kappa shape index (κ2) is 7.22. The molecule has 0 fully saturated rings. The molecule has 0 saturated heterocycles. The number of carbonyl (C=O) groups is 2. The summed E-state index contributed by atoms with van der Waals surface area (Å²) in [4.78, 5) is 33.3. The number of nitro benzene ring substituents is 1. The van der Waals surface area contributed by atoms with Gasteiger partial charge in [0.2, 0.25) is 0 Å². The van der Waals surface area contributed by atoms with E-state index in [1.807, 2.05) is 0 Å². The molecule has 108 valence electrons. The number of hydrogen-bond donors (Lipinski definition) is 1. The fourth-order valence-corrected chi connectivity index (χ4v) is 1.84. The molecule has 1 rings (SSSR count). The van der Waals surface area contributed by atoms with E-state index in [9.17, 15) is 19.7 Å². The summed E-state index contributed by atoms with van der Waals surface area (Å²) >= 11 is 0. The summed E-state index contributed by atoms with van der Waals surface area (Å²) in [5.74, 6) is -0.837. The van der Waals surface area contributed by atoms with Crippen LogP contribution in [0.2, 0.25) is 0 Å². The predicted octanol–water partition coefficient (Wildman–Crippen LogP) is 2.10. The van der Waals surface area contributed by atoms with Gasteiger partial charge in [0.1, 0.15) is 0 Å². The van der Waals surface area contributed by atoms with E-state index >= 15 is 0 Å². The van der Waals surface area contributed by atoms with E-state index in [-0.39, 0.29) is 17.7 Å². The van der Waals surface area contributed by atoms with E-state index in [1.165, 1.54) is 18.2 Å². The first-order chi connectivity index (χ1) is 9.45. The molecule has 7 nitrogen and oxygen atoms in total. The third-order valence-corrected chi connectivity index (χ3v) is 2.89. The Kier molecular flexibility index (Phi) is 5.64. The number of aldehydes is 1. The first-order valence-electron chi connectivity index (χ1n) is 6.12. The van der Waals surface area contributed by atoms with Crippen LogP contribution in [-0.4, -0.2) is 35.9 Å². The number of carboxylic acid groups (broad SMARTS) is 1. The van der Waals surface area contributed by atoms with Gasteiger partial charge in [0.05, 0.1) is 4.92 Å². The van der Waals surface area contributed by atoms with Crippen LogP contribution in [0.3, 0.4) is 0 Å². The predicted molar refractivity (Wildman–Crippen MR) is 73.2 cm³/mol. The number of hydrogen-bond acceptors (Lipinski definition) is 5. The summed E-state index contributed by atoms with van der Waals surface area (Å²) in [5, 5.41) is 19.2. The maximum Gasteiger partial charge on any atom is 0.303 e. The number of anilines is 1. The molecule has 20 heavy (non-hydrogen) atoms. The first-order valence-corrected chi connectivity index (χ1v) is 6.12. The number of unbranched alkanes of at least 4 members (excludes halogenated alkanes) is 1. The molecule has 0 radical (unpaired) electrons. The molecule has 7 heteroatoms. The van der Waals surface area contributed by atoms with Crippen LogP contribution in [0.15, 0.2) is 18.2 Å². The molecule has 0 amide bonds. The second-order valence-electron chi connectivity index (χ2n) is 4.39. The summed E-state index contributed by atoms with van der Waals surface area (Å²) in [5.41, 5.74) is 0.719. The Morgan fingerprint density at radius 1 is 1.45 bits per heavy atom. The van der Waals surface area contributed by atoms with Gasteiger partial charge in [-0.2, -0.15) is 0 Å². The van der Waals surface area contributed by atoms with Gasteiger partial charge in [-0.15, -0.1) is 0 Å². The van der Waals surface area contributed by atoms with Crippen molar-refractivity contribution in [3.63, 3.8) is 0 Å². The van der Waals surface area contributed by atoms with E-state index in [0.29, 0.717) is 31.4 Å². The minimum Gasteiger partial charge on any atom is -0.481 e. The molecule has 0 saturated carbocycles. The number of carbonyl (C=O) groups excluding carboxylic acids is 1. The Labute approximate surface area is 116 Å². The molecule has 0 aliphatic carbocycles. The fourth-order valence-electron chi connectivity index (χ4n) is 1.84. The van der Waals surface area contributed by atoms with Gasteiger partial charge in [-0.05, 0) is 18.9 Å². The monoisotopic (exact) mass is 280 g/mol. The highest BCUT2D eigenvalue weighted by Gasteiger charge is 2.13. The van der Waals surface area contributed by atoms with Gasteiger partial charge in [-0.1, -0.05) is 0 Å². The van der Waals surface area contributed by atoms with Crippen molar-refractivity contribution in [1.82, 2.24) is 0 Å². The zero-order valence-corrected chi connectivity index (χ0v) is 11.1.